The van der Waals surface area contributed by atoms with E-state index in [1.165, 1.54) is 6.07 Å². The minimum absolute atomic E-state index is 0.0704. The predicted octanol–water partition coefficient (Wildman–Crippen LogP) is 3.46. The minimum atomic E-state index is -0.489. The van der Waals surface area contributed by atoms with E-state index < -0.39 is 4.92 Å². The van der Waals surface area contributed by atoms with Crippen molar-refractivity contribution in [3.05, 3.63) is 64.3 Å². The van der Waals surface area contributed by atoms with E-state index in [4.69, 9.17) is 9.15 Å². The van der Waals surface area contributed by atoms with Gasteiger partial charge in [0.25, 0.3) is 5.69 Å². The van der Waals surface area contributed by atoms with Crippen molar-refractivity contribution in [1.29, 1.82) is 5.26 Å². The summed E-state index contributed by atoms with van der Waals surface area (Å²) in [4.78, 5) is 19.2. The zero-order valence-corrected chi connectivity index (χ0v) is 16.3. The van der Waals surface area contributed by atoms with Crippen LogP contribution in [-0.2, 0) is 0 Å². The number of methoxy groups -OCH3 is 1. The van der Waals surface area contributed by atoms with Crippen LogP contribution in [0.3, 0.4) is 0 Å². The fourth-order valence-electron chi connectivity index (χ4n) is 3.57. The van der Waals surface area contributed by atoms with Gasteiger partial charge in [0.15, 0.2) is 0 Å². The zero-order chi connectivity index (χ0) is 21.1. The summed E-state index contributed by atoms with van der Waals surface area (Å²) < 4.78 is 11.3. The lowest BCUT2D eigenvalue weighted by Crippen LogP contribution is -2.46. The molecule has 1 fully saturated rings. The van der Waals surface area contributed by atoms with E-state index in [0.717, 1.165) is 11.4 Å². The van der Waals surface area contributed by atoms with Crippen LogP contribution < -0.4 is 14.5 Å². The number of ether oxygens (including phenoxy) is 1. The van der Waals surface area contributed by atoms with Crippen molar-refractivity contribution in [3.63, 3.8) is 0 Å². The summed E-state index contributed by atoms with van der Waals surface area (Å²) in [7, 11) is 1.65. The first-order chi connectivity index (χ1) is 14.6. The lowest BCUT2D eigenvalue weighted by molar-refractivity contribution is -0.384. The van der Waals surface area contributed by atoms with Crippen molar-refractivity contribution in [2.45, 2.75) is 0 Å². The highest BCUT2D eigenvalue weighted by Gasteiger charge is 2.27. The smallest absolute Gasteiger partial charge is 0.282 e. The summed E-state index contributed by atoms with van der Waals surface area (Å²) in [5, 5.41) is 20.9. The Bertz CT molecular complexity index is 1110. The van der Waals surface area contributed by atoms with Crippen LogP contribution in [0, 0.1) is 21.4 Å². The van der Waals surface area contributed by atoms with Gasteiger partial charge in [0.05, 0.1) is 17.7 Å². The number of nitriles is 1. The van der Waals surface area contributed by atoms with Gasteiger partial charge in [-0.1, -0.05) is 24.3 Å². The molecule has 0 bridgehead atoms. The van der Waals surface area contributed by atoms with Crippen molar-refractivity contribution < 1.29 is 14.1 Å². The number of oxazole rings is 1. The molecule has 3 aromatic rings. The number of nitro benzene ring substituents is 1. The highest BCUT2D eigenvalue weighted by Crippen LogP contribution is 2.34. The Morgan fingerprint density at radius 1 is 1.10 bits per heavy atom. The third-order valence-electron chi connectivity index (χ3n) is 5.04. The normalized spacial score (nSPS) is 13.7. The van der Waals surface area contributed by atoms with Crippen LogP contribution in [0.15, 0.2) is 52.9 Å². The topological polar surface area (TPSA) is 109 Å². The molecule has 4 rings (SSSR count). The number of piperazine rings is 1. The average Bonchev–Trinajstić information content (AvgIpc) is 3.23. The molecule has 0 saturated carbocycles. The molecule has 0 atom stereocenters. The molecule has 0 aliphatic carbocycles. The molecule has 1 aromatic heterocycles. The Labute approximate surface area is 172 Å². The van der Waals surface area contributed by atoms with Crippen LogP contribution >= 0.6 is 0 Å². The zero-order valence-electron chi connectivity index (χ0n) is 16.3. The van der Waals surface area contributed by atoms with Gasteiger partial charge in [0.2, 0.25) is 17.5 Å². The van der Waals surface area contributed by atoms with E-state index in [9.17, 15) is 15.4 Å². The minimum Gasteiger partial charge on any atom is -0.495 e. The number of aromatic nitrogens is 1. The molecule has 0 N–H and O–H groups in total. The van der Waals surface area contributed by atoms with Gasteiger partial charge in [-0.05, 0) is 18.2 Å². The highest BCUT2D eigenvalue weighted by molar-refractivity contribution is 5.69. The Morgan fingerprint density at radius 2 is 1.77 bits per heavy atom. The summed E-state index contributed by atoms with van der Waals surface area (Å²) in [6.07, 6.45) is 0. The molecule has 2 heterocycles. The third kappa shape index (κ3) is 3.51. The van der Waals surface area contributed by atoms with Crippen molar-refractivity contribution in [3.8, 4) is 23.3 Å². The first kappa shape index (κ1) is 19.3. The molecule has 9 heteroatoms. The SMILES string of the molecule is COc1ccccc1N1CCN(c2oc(-c3ccccc3[N+](=O)[O-])nc2C#N)CC1. The number of benzene rings is 2. The lowest BCUT2D eigenvalue weighted by atomic mass is 10.2. The van der Waals surface area contributed by atoms with E-state index in [2.05, 4.69) is 9.88 Å². The van der Waals surface area contributed by atoms with E-state index in [-0.39, 0.29) is 22.8 Å². The Kier molecular flexibility index (Phi) is 5.22. The molecular formula is C21H19N5O4. The molecule has 30 heavy (non-hydrogen) atoms. The first-order valence-electron chi connectivity index (χ1n) is 9.40. The molecule has 1 saturated heterocycles. The summed E-state index contributed by atoms with van der Waals surface area (Å²) in [5.41, 5.74) is 1.26. The quantitative estimate of drug-likeness (QED) is 0.469. The van der Waals surface area contributed by atoms with Crippen molar-refractivity contribution in [2.75, 3.05) is 43.1 Å². The second kappa shape index (κ2) is 8.13. The Balaban J connectivity index is 1.58. The number of rotatable bonds is 5. The van der Waals surface area contributed by atoms with E-state index in [1.807, 2.05) is 35.2 Å². The van der Waals surface area contributed by atoms with Crippen LogP contribution in [-0.4, -0.2) is 43.2 Å². The maximum absolute atomic E-state index is 11.3. The van der Waals surface area contributed by atoms with Gasteiger partial charge in [-0.25, -0.2) is 0 Å². The van der Waals surface area contributed by atoms with Crippen molar-refractivity contribution >= 4 is 17.3 Å². The average molecular weight is 405 g/mol. The van der Waals surface area contributed by atoms with Gasteiger partial charge in [0.1, 0.15) is 17.4 Å². The van der Waals surface area contributed by atoms with Crippen LogP contribution in [0.4, 0.5) is 17.3 Å². The molecule has 9 nitrogen and oxygen atoms in total. The van der Waals surface area contributed by atoms with E-state index >= 15 is 0 Å². The van der Waals surface area contributed by atoms with Crippen LogP contribution in [0.5, 0.6) is 5.75 Å². The van der Waals surface area contributed by atoms with Crippen molar-refractivity contribution in [1.82, 2.24) is 4.98 Å². The molecule has 0 radical (unpaired) electrons. The molecule has 1 aliphatic heterocycles. The summed E-state index contributed by atoms with van der Waals surface area (Å²) in [6.45, 7) is 2.62. The number of hydrogen-bond donors (Lipinski definition) is 0. The van der Waals surface area contributed by atoms with E-state index in [1.54, 1.807) is 25.3 Å². The lowest BCUT2D eigenvalue weighted by Gasteiger charge is -2.36. The largest absolute Gasteiger partial charge is 0.495 e. The predicted molar refractivity (Wildman–Crippen MR) is 111 cm³/mol. The van der Waals surface area contributed by atoms with Crippen LogP contribution in [0.1, 0.15) is 5.69 Å². The van der Waals surface area contributed by atoms with Gasteiger partial charge in [0, 0.05) is 32.2 Å². The second-order valence-electron chi connectivity index (χ2n) is 6.70. The summed E-state index contributed by atoms with van der Waals surface area (Å²) in [5.74, 6) is 1.22. The van der Waals surface area contributed by atoms with Crippen LogP contribution in [0.2, 0.25) is 0 Å². The number of anilines is 2. The standard InChI is InChI=1S/C21H19N5O4/c1-29-19-9-5-4-8-18(19)24-10-12-25(13-11-24)21-16(14-22)23-20(30-21)15-6-2-3-7-17(15)26(27)28/h2-9H,10-13H2,1H3. The van der Waals surface area contributed by atoms with Crippen LogP contribution in [0.25, 0.3) is 11.5 Å². The molecule has 0 amide bonds. The maximum atomic E-state index is 11.3. The van der Waals surface area contributed by atoms with Gasteiger partial charge in [-0.15, -0.1) is 0 Å². The van der Waals surface area contributed by atoms with Crippen molar-refractivity contribution in [2.24, 2.45) is 0 Å². The number of para-hydroxylation sites is 3. The molecular weight excluding hydrogens is 386 g/mol. The third-order valence-corrected chi connectivity index (χ3v) is 5.04. The first-order valence-corrected chi connectivity index (χ1v) is 9.40. The second-order valence-corrected chi connectivity index (χ2v) is 6.70. The highest BCUT2D eigenvalue weighted by atomic mass is 16.6. The monoisotopic (exact) mass is 405 g/mol. The molecule has 2 aromatic carbocycles. The molecule has 0 unspecified atom stereocenters. The number of nitrogens with zero attached hydrogens (tertiary/aromatic N) is 5. The summed E-state index contributed by atoms with van der Waals surface area (Å²) in [6, 6.07) is 16.1. The fraction of sp³-hybridized carbons (Fsp3) is 0.238. The van der Waals surface area contributed by atoms with E-state index in [0.29, 0.717) is 32.1 Å². The van der Waals surface area contributed by atoms with Gasteiger partial charge in [-0.2, -0.15) is 10.2 Å². The number of hydrogen-bond acceptors (Lipinski definition) is 8. The Hall–Kier alpha value is -4.06. The summed E-state index contributed by atoms with van der Waals surface area (Å²) >= 11 is 0. The van der Waals surface area contributed by atoms with Gasteiger partial charge < -0.3 is 19.0 Å². The number of nitro groups is 1. The Morgan fingerprint density at radius 3 is 2.47 bits per heavy atom. The van der Waals surface area contributed by atoms with Gasteiger partial charge in [-0.3, -0.25) is 10.1 Å². The fourth-order valence-corrected chi connectivity index (χ4v) is 3.57. The molecule has 152 valence electrons. The van der Waals surface area contributed by atoms with Gasteiger partial charge >= 0.3 is 0 Å². The molecule has 1 aliphatic rings. The molecule has 0 spiro atoms. The maximum Gasteiger partial charge on any atom is 0.282 e.